The molecule has 0 bridgehead atoms. The molecule has 1 amide bonds. The number of nitrogens with zero attached hydrogens (tertiary/aromatic N) is 2. The van der Waals surface area contributed by atoms with Gasteiger partial charge < -0.3 is 10.4 Å². The maximum absolute atomic E-state index is 12.7. The van der Waals surface area contributed by atoms with Crippen molar-refractivity contribution in [2.24, 2.45) is 0 Å². The van der Waals surface area contributed by atoms with E-state index in [4.69, 9.17) is 5.11 Å². The number of carbonyl (C=O) groups excluding carboxylic acids is 1. The predicted octanol–water partition coefficient (Wildman–Crippen LogP) is -1.01. The molecule has 1 fully saturated rings. The Kier molecular flexibility index (Phi) is 4.01. The number of nitrogens with one attached hydrogen (secondary N) is 2. The number of carbonyl (C=O) groups is 2. The molecule has 0 aromatic carbocycles. The van der Waals surface area contributed by atoms with Gasteiger partial charge in [-0.05, 0) is 13.8 Å². The summed E-state index contributed by atoms with van der Waals surface area (Å²) in [5.74, 6) is -1.84. The molecule has 1 atom stereocenters. The van der Waals surface area contributed by atoms with Gasteiger partial charge in [0.15, 0.2) is 0 Å². The number of piperazine rings is 1. The van der Waals surface area contributed by atoms with E-state index in [0.717, 1.165) is 4.31 Å². The van der Waals surface area contributed by atoms with E-state index in [-0.39, 0.29) is 23.7 Å². The van der Waals surface area contributed by atoms with Gasteiger partial charge >= 0.3 is 5.97 Å². The van der Waals surface area contributed by atoms with Crippen molar-refractivity contribution in [3.63, 3.8) is 0 Å². The van der Waals surface area contributed by atoms with E-state index in [1.165, 1.54) is 6.92 Å². The van der Waals surface area contributed by atoms with Crippen LogP contribution in [0.2, 0.25) is 0 Å². The summed E-state index contributed by atoms with van der Waals surface area (Å²) in [6, 6.07) is -1.25. The standard InChI is InChI=1S/C11H16N4O5S/c1-6-10(7(2)14-13-6)21(19,20)15-4-3-12-11(18)8(15)5-9(16)17/h8H,3-5H2,1-2H3,(H,12,18)(H,13,14)(H,16,17). The zero-order valence-corrected chi connectivity index (χ0v) is 12.4. The fraction of sp³-hybridized carbons (Fsp3) is 0.545. The Balaban J connectivity index is 2.46. The van der Waals surface area contributed by atoms with Gasteiger partial charge in [0.2, 0.25) is 15.9 Å². The van der Waals surface area contributed by atoms with Crippen molar-refractivity contribution in [3.05, 3.63) is 11.4 Å². The monoisotopic (exact) mass is 316 g/mol. The van der Waals surface area contributed by atoms with Crippen LogP contribution in [0.15, 0.2) is 4.90 Å². The van der Waals surface area contributed by atoms with Crippen LogP contribution in [0.3, 0.4) is 0 Å². The molecule has 3 N–H and O–H groups in total. The number of aromatic nitrogens is 2. The maximum atomic E-state index is 12.7. The lowest BCUT2D eigenvalue weighted by Gasteiger charge is -2.33. The van der Waals surface area contributed by atoms with Crippen LogP contribution < -0.4 is 5.32 Å². The number of H-pyrrole nitrogens is 1. The Morgan fingerprint density at radius 3 is 2.67 bits per heavy atom. The number of aliphatic carboxylic acids is 1. The summed E-state index contributed by atoms with van der Waals surface area (Å²) in [7, 11) is -3.99. The summed E-state index contributed by atoms with van der Waals surface area (Å²) < 4.78 is 26.4. The maximum Gasteiger partial charge on any atom is 0.305 e. The Hall–Kier alpha value is -1.94. The van der Waals surface area contributed by atoms with Gasteiger partial charge in [0.05, 0.1) is 17.8 Å². The summed E-state index contributed by atoms with van der Waals surface area (Å²) in [6.07, 6.45) is -0.582. The number of sulfonamides is 1. The molecular weight excluding hydrogens is 300 g/mol. The molecule has 0 aliphatic carbocycles. The topological polar surface area (TPSA) is 132 Å². The van der Waals surface area contributed by atoms with Gasteiger partial charge in [-0.25, -0.2) is 8.42 Å². The molecule has 2 heterocycles. The predicted molar refractivity (Wildman–Crippen MR) is 71.0 cm³/mol. The van der Waals surface area contributed by atoms with Crippen LogP contribution in [0.1, 0.15) is 17.8 Å². The largest absolute Gasteiger partial charge is 0.481 e. The normalized spacial score (nSPS) is 20.3. The fourth-order valence-corrected chi connectivity index (χ4v) is 4.30. The van der Waals surface area contributed by atoms with Crippen LogP contribution in [-0.4, -0.2) is 59.0 Å². The van der Waals surface area contributed by atoms with Crippen LogP contribution in [0, 0.1) is 13.8 Å². The number of carboxylic acids is 1. The highest BCUT2D eigenvalue weighted by Gasteiger charge is 2.41. The van der Waals surface area contributed by atoms with Gasteiger partial charge in [-0.1, -0.05) is 0 Å². The molecule has 1 saturated heterocycles. The summed E-state index contributed by atoms with van der Waals surface area (Å²) in [5, 5.41) is 17.8. The average Bonchev–Trinajstić information content (AvgIpc) is 2.71. The number of carboxylic acid groups (broad SMARTS) is 1. The second-order valence-electron chi connectivity index (χ2n) is 4.78. The van der Waals surface area contributed by atoms with Crippen LogP contribution in [0.5, 0.6) is 0 Å². The quantitative estimate of drug-likeness (QED) is 0.652. The van der Waals surface area contributed by atoms with Crippen molar-refractivity contribution in [2.75, 3.05) is 13.1 Å². The molecular formula is C11H16N4O5S. The molecule has 0 saturated carbocycles. The molecule has 1 unspecified atom stereocenters. The molecule has 1 aromatic heterocycles. The third-order valence-corrected chi connectivity index (χ3v) is 5.45. The van der Waals surface area contributed by atoms with Gasteiger partial charge in [0.1, 0.15) is 10.9 Å². The zero-order chi connectivity index (χ0) is 15.8. The number of aryl methyl sites for hydroxylation is 2. The molecule has 1 aliphatic rings. The molecule has 9 nitrogen and oxygen atoms in total. The summed E-state index contributed by atoms with van der Waals surface area (Å²) >= 11 is 0. The summed E-state index contributed by atoms with van der Waals surface area (Å²) in [6.45, 7) is 3.26. The van der Waals surface area contributed by atoms with Crippen molar-refractivity contribution in [2.45, 2.75) is 31.2 Å². The highest BCUT2D eigenvalue weighted by molar-refractivity contribution is 7.89. The molecule has 1 aromatic rings. The zero-order valence-electron chi connectivity index (χ0n) is 11.6. The number of hydrogen-bond acceptors (Lipinski definition) is 5. The van der Waals surface area contributed by atoms with E-state index < -0.39 is 34.4 Å². The summed E-state index contributed by atoms with van der Waals surface area (Å²) in [4.78, 5) is 22.7. The lowest BCUT2D eigenvalue weighted by Crippen LogP contribution is -2.57. The van der Waals surface area contributed by atoms with Gasteiger partial charge in [0.25, 0.3) is 0 Å². The van der Waals surface area contributed by atoms with Gasteiger partial charge in [-0.15, -0.1) is 0 Å². The molecule has 21 heavy (non-hydrogen) atoms. The van der Waals surface area contributed by atoms with Crippen LogP contribution in [0.25, 0.3) is 0 Å². The van der Waals surface area contributed by atoms with Crippen LogP contribution in [-0.2, 0) is 19.6 Å². The Bertz CT molecular complexity index is 661. The third-order valence-electron chi connectivity index (χ3n) is 3.28. The minimum Gasteiger partial charge on any atom is -0.481 e. The van der Waals surface area contributed by atoms with Crippen LogP contribution >= 0.6 is 0 Å². The first-order chi connectivity index (χ1) is 9.75. The highest BCUT2D eigenvalue weighted by atomic mass is 32.2. The van der Waals surface area contributed by atoms with Crippen molar-refractivity contribution in [1.82, 2.24) is 19.8 Å². The Labute approximate surface area is 121 Å². The number of rotatable bonds is 4. The van der Waals surface area contributed by atoms with Crippen molar-refractivity contribution in [3.8, 4) is 0 Å². The Morgan fingerprint density at radius 1 is 1.48 bits per heavy atom. The molecule has 116 valence electrons. The molecule has 0 radical (unpaired) electrons. The van der Waals surface area contributed by atoms with E-state index >= 15 is 0 Å². The SMILES string of the molecule is Cc1n[nH]c(C)c1S(=O)(=O)N1CCNC(=O)C1CC(=O)O. The second kappa shape index (κ2) is 5.45. The molecule has 2 rings (SSSR count). The second-order valence-corrected chi connectivity index (χ2v) is 6.61. The lowest BCUT2D eigenvalue weighted by atomic mass is 10.1. The number of hydrogen-bond donors (Lipinski definition) is 3. The molecule has 0 spiro atoms. The third kappa shape index (κ3) is 2.76. The van der Waals surface area contributed by atoms with E-state index in [1.54, 1.807) is 6.92 Å². The van der Waals surface area contributed by atoms with Crippen molar-refractivity contribution >= 4 is 21.9 Å². The van der Waals surface area contributed by atoms with E-state index in [9.17, 15) is 18.0 Å². The summed E-state index contributed by atoms with van der Waals surface area (Å²) in [5.41, 5.74) is 0.639. The minimum absolute atomic E-state index is 0.00686. The molecule has 1 aliphatic heterocycles. The van der Waals surface area contributed by atoms with Gasteiger partial charge in [0, 0.05) is 13.1 Å². The minimum atomic E-state index is -3.99. The van der Waals surface area contributed by atoms with Crippen molar-refractivity contribution < 1.29 is 23.1 Å². The first-order valence-corrected chi connectivity index (χ1v) is 7.72. The van der Waals surface area contributed by atoms with Crippen LogP contribution in [0.4, 0.5) is 0 Å². The Morgan fingerprint density at radius 2 is 2.14 bits per heavy atom. The number of amides is 1. The first kappa shape index (κ1) is 15.4. The van der Waals surface area contributed by atoms with E-state index in [0.29, 0.717) is 5.69 Å². The van der Waals surface area contributed by atoms with E-state index in [2.05, 4.69) is 15.5 Å². The molecule has 10 heteroatoms. The average molecular weight is 316 g/mol. The smallest absolute Gasteiger partial charge is 0.305 e. The highest BCUT2D eigenvalue weighted by Crippen LogP contribution is 2.25. The van der Waals surface area contributed by atoms with Gasteiger partial charge in [-0.3, -0.25) is 14.7 Å². The lowest BCUT2D eigenvalue weighted by molar-refractivity contribution is -0.141. The first-order valence-electron chi connectivity index (χ1n) is 6.28. The fourth-order valence-electron chi connectivity index (χ4n) is 2.38. The number of aromatic amines is 1. The van der Waals surface area contributed by atoms with Crippen molar-refractivity contribution in [1.29, 1.82) is 0 Å². The van der Waals surface area contributed by atoms with E-state index in [1.807, 2.05) is 0 Å². The van der Waals surface area contributed by atoms with Gasteiger partial charge in [-0.2, -0.15) is 9.40 Å².